The van der Waals surface area contributed by atoms with Crippen LogP contribution in [0.3, 0.4) is 0 Å². The van der Waals surface area contributed by atoms with Gasteiger partial charge in [-0.05, 0) is 74.6 Å². The minimum atomic E-state index is -3.90. The Bertz CT molecular complexity index is 1330. The Hall–Kier alpha value is -2.89. The summed E-state index contributed by atoms with van der Waals surface area (Å²) < 4.78 is 32.9. The van der Waals surface area contributed by atoms with Gasteiger partial charge in [-0.1, -0.05) is 23.7 Å². The lowest BCUT2D eigenvalue weighted by atomic mass is 9.93. The molecule has 2 saturated heterocycles. The standard InChI is InChI=1S/C26H33ClN4O6S/c1-26(2,3)37-25(34)29-10-8-18(9-11-29)14-23(32)28-31-13-12-30(17-24(31)33)38(35,36)22-7-5-19-15-21(27)6-4-20(19)16-22/h4-7,15-16,18H,8-14,17H2,1-3H3,(H,28,32). The van der Waals surface area contributed by atoms with Crippen LogP contribution in [0, 0.1) is 5.92 Å². The van der Waals surface area contributed by atoms with Crippen molar-refractivity contribution in [2.75, 3.05) is 32.7 Å². The molecule has 0 saturated carbocycles. The van der Waals surface area contributed by atoms with Crippen molar-refractivity contribution in [2.24, 2.45) is 5.92 Å². The zero-order valence-corrected chi connectivity index (χ0v) is 23.3. The highest BCUT2D eigenvalue weighted by Gasteiger charge is 2.34. The van der Waals surface area contributed by atoms with E-state index in [4.69, 9.17) is 16.3 Å². The van der Waals surface area contributed by atoms with E-state index in [1.54, 1.807) is 35.2 Å². The number of carbonyl (C=O) groups excluding carboxylic acids is 3. The van der Waals surface area contributed by atoms with Crippen LogP contribution >= 0.6 is 11.6 Å². The summed E-state index contributed by atoms with van der Waals surface area (Å²) in [6.07, 6.45) is 1.18. The predicted octanol–water partition coefficient (Wildman–Crippen LogP) is 3.39. The molecule has 2 aliphatic heterocycles. The van der Waals surface area contributed by atoms with Crippen molar-refractivity contribution in [3.8, 4) is 0 Å². The van der Waals surface area contributed by atoms with E-state index in [1.807, 2.05) is 20.8 Å². The molecule has 12 heteroatoms. The lowest BCUT2D eigenvalue weighted by molar-refractivity contribution is -0.144. The summed E-state index contributed by atoms with van der Waals surface area (Å²) in [5, 5.41) is 3.29. The zero-order valence-electron chi connectivity index (χ0n) is 21.8. The van der Waals surface area contributed by atoms with Crippen LogP contribution in [0.4, 0.5) is 4.79 Å². The number of piperidine rings is 1. The van der Waals surface area contributed by atoms with E-state index in [0.717, 1.165) is 15.1 Å². The molecule has 38 heavy (non-hydrogen) atoms. The Kier molecular flexibility index (Phi) is 8.20. The number of benzene rings is 2. The number of nitrogens with zero attached hydrogens (tertiary/aromatic N) is 3. The second-order valence-corrected chi connectivity index (χ2v) is 13.1. The number of hydrogen-bond acceptors (Lipinski definition) is 6. The quantitative estimate of drug-likeness (QED) is 0.595. The number of piperazine rings is 1. The summed E-state index contributed by atoms with van der Waals surface area (Å²) in [6, 6.07) is 9.94. The molecule has 0 aliphatic carbocycles. The lowest BCUT2D eigenvalue weighted by Crippen LogP contribution is -2.58. The maximum Gasteiger partial charge on any atom is 0.410 e. The minimum absolute atomic E-state index is 0.0457. The summed E-state index contributed by atoms with van der Waals surface area (Å²) in [5.41, 5.74) is 2.07. The molecule has 0 unspecified atom stereocenters. The number of amides is 3. The van der Waals surface area contributed by atoms with Crippen molar-refractivity contribution >= 4 is 50.3 Å². The third-order valence-corrected chi connectivity index (χ3v) is 8.67. The molecular formula is C26H33ClN4O6S. The van der Waals surface area contributed by atoms with Crippen LogP contribution < -0.4 is 5.43 Å². The predicted molar refractivity (Wildman–Crippen MR) is 143 cm³/mol. The summed E-state index contributed by atoms with van der Waals surface area (Å²) in [6.45, 7) is 6.20. The van der Waals surface area contributed by atoms with E-state index in [2.05, 4.69) is 5.43 Å². The van der Waals surface area contributed by atoms with Crippen molar-refractivity contribution < 1.29 is 27.5 Å². The lowest BCUT2D eigenvalue weighted by Gasteiger charge is -2.35. The number of hydrogen-bond donors (Lipinski definition) is 1. The van der Waals surface area contributed by atoms with Crippen molar-refractivity contribution in [1.29, 1.82) is 0 Å². The number of fused-ring (bicyclic) bond motifs is 1. The highest BCUT2D eigenvalue weighted by atomic mass is 35.5. The molecule has 1 N–H and O–H groups in total. The van der Waals surface area contributed by atoms with Gasteiger partial charge in [-0.3, -0.25) is 20.0 Å². The van der Waals surface area contributed by atoms with Gasteiger partial charge in [-0.15, -0.1) is 0 Å². The van der Waals surface area contributed by atoms with E-state index in [9.17, 15) is 22.8 Å². The molecule has 0 atom stereocenters. The zero-order chi connectivity index (χ0) is 27.7. The van der Waals surface area contributed by atoms with Crippen LogP contribution in [0.5, 0.6) is 0 Å². The molecule has 2 aliphatic rings. The Morgan fingerprint density at radius 1 is 1.03 bits per heavy atom. The first kappa shape index (κ1) is 28.1. The molecule has 2 aromatic rings. The largest absolute Gasteiger partial charge is 0.444 e. The first-order valence-electron chi connectivity index (χ1n) is 12.6. The van der Waals surface area contributed by atoms with Gasteiger partial charge in [-0.2, -0.15) is 4.31 Å². The Balaban J connectivity index is 1.28. The number of carbonyl (C=O) groups is 3. The maximum absolute atomic E-state index is 13.2. The number of hydrazine groups is 1. The smallest absolute Gasteiger partial charge is 0.410 e. The van der Waals surface area contributed by atoms with Gasteiger partial charge in [0, 0.05) is 31.1 Å². The summed E-state index contributed by atoms with van der Waals surface area (Å²) in [4.78, 5) is 39.3. The van der Waals surface area contributed by atoms with Gasteiger partial charge in [0.15, 0.2) is 0 Å². The summed E-state index contributed by atoms with van der Waals surface area (Å²) in [7, 11) is -3.90. The van der Waals surface area contributed by atoms with Gasteiger partial charge in [0.25, 0.3) is 5.91 Å². The Labute approximate surface area is 227 Å². The molecule has 3 amide bonds. The Morgan fingerprint density at radius 2 is 1.68 bits per heavy atom. The van der Waals surface area contributed by atoms with Crippen molar-refractivity contribution in [2.45, 2.75) is 50.5 Å². The van der Waals surface area contributed by atoms with Gasteiger partial charge in [0.05, 0.1) is 18.0 Å². The average Bonchev–Trinajstić information content (AvgIpc) is 2.84. The van der Waals surface area contributed by atoms with Gasteiger partial charge in [-0.25, -0.2) is 13.2 Å². The summed E-state index contributed by atoms with van der Waals surface area (Å²) in [5.74, 6) is -0.729. The molecule has 4 rings (SSSR count). The first-order chi connectivity index (χ1) is 17.8. The summed E-state index contributed by atoms with van der Waals surface area (Å²) >= 11 is 6.01. The van der Waals surface area contributed by atoms with Crippen LogP contribution in [0.15, 0.2) is 41.3 Å². The number of ether oxygens (including phenoxy) is 1. The molecule has 0 spiro atoms. The molecule has 206 valence electrons. The number of likely N-dealkylation sites (tertiary alicyclic amines) is 1. The normalized spacial score (nSPS) is 18.1. The average molecular weight is 565 g/mol. The van der Waals surface area contributed by atoms with Gasteiger partial charge in [0.2, 0.25) is 15.9 Å². The van der Waals surface area contributed by atoms with E-state index >= 15 is 0 Å². The van der Waals surface area contributed by atoms with Crippen molar-refractivity contribution in [3.63, 3.8) is 0 Å². The molecular weight excluding hydrogens is 532 g/mol. The van der Waals surface area contributed by atoms with Crippen LogP contribution in [0.2, 0.25) is 5.02 Å². The van der Waals surface area contributed by atoms with E-state index in [0.29, 0.717) is 31.0 Å². The second-order valence-electron chi connectivity index (χ2n) is 10.7. The topological polar surface area (TPSA) is 116 Å². The van der Waals surface area contributed by atoms with Crippen LogP contribution in [-0.4, -0.2) is 78.9 Å². The molecule has 0 aromatic heterocycles. The number of sulfonamides is 1. The van der Waals surface area contributed by atoms with E-state index < -0.39 is 21.5 Å². The number of nitrogens with one attached hydrogen (secondary N) is 1. The number of halogens is 1. The second kappa shape index (κ2) is 11.1. The monoisotopic (exact) mass is 564 g/mol. The molecule has 0 radical (unpaired) electrons. The fourth-order valence-electron chi connectivity index (χ4n) is 4.58. The highest BCUT2D eigenvalue weighted by molar-refractivity contribution is 7.89. The van der Waals surface area contributed by atoms with Crippen LogP contribution in [0.25, 0.3) is 10.8 Å². The third kappa shape index (κ3) is 6.75. The van der Waals surface area contributed by atoms with Gasteiger partial charge >= 0.3 is 6.09 Å². The van der Waals surface area contributed by atoms with E-state index in [1.165, 1.54) is 11.1 Å². The molecule has 0 bridgehead atoms. The van der Waals surface area contributed by atoms with Gasteiger partial charge < -0.3 is 9.64 Å². The van der Waals surface area contributed by atoms with Gasteiger partial charge in [0.1, 0.15) is 5.60 Å². The fraction of sp³-hybridized carbons (Fsp3) is 0.500. The van der Waals surface area contributed by atoms with Crippen molar-refractivity contribution in [3.05, 3.63) is 41.4 Å². The fourth-order valence-corrected chi connectivity index (χ4v) is 6.18. The molecule has 2 fully saturated rings. The van der Waals surface area contributed by atoms with Crippen LogP contribution in [0.1, 0.15) is 40.0 Å². The third-order valence-electron chi connectivity index (χ3n) is 6.60. The number of rotatable bonds is 5. The van der Waals surface area contributed by atoms with E-state index in [-0.39, 0.29) is 48.9 Å². The van der Waals surface area contributed by atoms with Crippen molar-refractivity contribution in [1.82, 2.24) is 19.6 Å². The molecule has 2 heterocycles. The highest BCUT2D eigenvalue weighted by Crippen LogP contribution is 2.26. The Morgan fingerprint density at radius 3 is 2.34 bits per heavy atom. The van der Waals surface area contributed by atoms with Crippen LogP contribution in [-0.2, 0) is 24.3 Å². The molecule has 10 nitrogen and oxygen atoms in total. The molecule has 2 aromatic carbocycles. The SMILES string of the molecule is CC(C)(C)OC(=O)N1CCC(CC(=O)NN2CCN(S(=O)(=O)c3ccc4cc(Cl)ccc4c3)CC2=O)CC1. The first-order valence-corrected chi connectivity index (χ1v) is 14.4. The minimum Gasteiger partial charge on any atom is -0.444 e. The maximum atomic E-state index is 13.2.